The quantitative estimate of drug-likeness (QED) is 0.0204. The SMILES string of the molecule is CCCCCCCCCCCCCCCCCCCCCCCCCC/C=C/CC/C=C/C(O)C(COC1OC(CO)C(OC2OC(CO)C(O)C(O)C2O)C(O)C1O)NC(=O)CCCCCCCCCCCCCCCCCCCCCCCCCCCCCCCCCCCCCCCCCCC. The van der Waals surface area contributed by atoms with Crippen LogP contribution >= 0.6 is 0 Å². The second-order valence-electron chi connectivity index (χ2n) is 32.8. The summed E-state index contributed by atoms with van der Waals surface area (Å²) in [6.45, 7) is 2.87. The van der Waals surface area contributed by atoms with Gasteiger partial charge in [0.2, 0.25) is 5.91 Å². The number of hydrogen-bond acceptors (Lipinski definition) is 13. The number of allylic oxidation sites excluding steroid dienone is 3. The van der Waals surface area contributed by atoms with Crippen LogP contribution in [0.15, 0.2) is 24.3 Å². The van der Waals surface area contributed by atoms with Gasteiger partial charge in [-0.15, -0.1) is 0 Å². The number of carbonyl (C=O) groups is 1. The van der Waals surface area contributed by atoms with E-state index in [1.54, 1.807) is 6.08 Å². The molecule has 0 spiro atoms. The minimum absolute atomic E-state index is 0.238. The van der Waals surface area contributed by atoms with E-state index in [4.69, 9.17) is 18.9 Å². The first kappa shape index (κ1) is 99.5. The number of aliphatic hydroxyl groups excluding tert-OH is 8. The Morgan fingerprint density at radius 1 is 0.333 bits per heavy atom. The highest BCUT2D eigenvalue weighted by Gasteiger charge is 2.51. The molecule has 1 amide bonds. The van der Waals surface area contributed by atoms with Crippen molar-refractivity contribution in [1.29, 1.82) is 0 Å². The molecule has 2 aliphatic heterocycles. The van der Waals surface area contributed by atoms with E-state index in [1.807, 2.05) is 6.08 Å². The number of hydrogen-bond donors (Lipinski definition) is 9. The van der Waals surface area contributed by atoms with Gasteiger partial charge in [0.25, 0.3) is 0 Å². The van der Waals surface area contributed by atoms with Gasteiger partial charge in [-0.05, 0) is 32.1 Å². The number of rotatable bonds is 80. The number of ether oxygens (including phenoxy) is 4. The van der Waals surface area contributed by atoms with Crippen LogP contribution in [0, 0.1) is 0 Å². The summed E-state index contributed by atoms with van der Waals surface area (Å²) in [5.74, 6) is -0.238. The topological polar surface area (TPSA) is 228 Å². The zero-order valence-corrected chi connectivity index (χ0v) is 68.8. The molecule has 0 aromatic carbocycles. The molecule has 14 heteroatoms. The second-order valence-corrected chi connectivity index (χ2v) is 32.8. The van der Waals surface area contributed by atoms with Crippen molar-refractivity contribution in [3.8, 4) is 0 Å². The third-order valence-corrected chi connectivity index (χ3v) is 22.9. The van der Waals surface area contributed by atoms with E-state index in [1.165, 1.54) is 392 Å². The lowest BCUT2D eigenvalue weighted by molar-refractivity contribution is -0.359. The Bertz CT molecular complexity index is 1860. The standard InChI is InChI=1S/C91H175NO13/c1-3-5-7-9-11-13-15-17-19-21-23-25-27-29-31-33-35-36-37-38-39-40-41-42-43-44-45-47-49-51-53-55-57-59-61-63-65-67-69-71-73-75-83(96)92-79(78-102-90-88(101)86(99)89(82(77-94)104-90)105-91-87(100)85(98)84(97)81(76-93)103-91)80(95)74-72-70-68-66-64-62-60-58-56-54-52-50-48-46-34-32-30-28-26-24-22-20-18-16-14-12-10-8-6-4-2/h64,66,72,74,79-82,84-91,93-95,97-101H,3-63,65,67-71,73,75-78H2,1-2H3,(H,92,96)/b66-64+,74-72+. The normalized spacial score (nSPS) is 21.4. The number of nitrogens with one attached hydrogen (secondary N) is 1. The number of unbranched alkanes of at least 4 members (excludes halogenated alkanes) is 65. The molecule has 12 atom stereocenters. The van der Waals surface area contributed by atoms with Crippen molar-refractivity contribution in [1.82, 2.24) is 5.32 Å². The summed E-state index contributed by atoms with van der Waals surface area (Å²) in [4.78, 5) is 13.4. The highest BCUT2D eigenvalue weighted by molar-refractivity contribution is 5.76. The van der Waals surface area contributed by atoms with Gasteiger partial charge in [-0.1, -0.05) is 443 Å². The van der Waals surface area contributed by atoms with Crippen LogP contribution in [0.3, 0.4) is 0 Å². The maximum absolute atomic E-state index is 13.4. The van der Waals surface area contributed by atoms with Gasteiger partial charge in [0.1, 0.15) is 48.8 Å². The van der Waals surface area contributed by atoms with Crippen LogP contribution in [0.5, 0.6) is 0 Å². The summed E-state index contributed by atoms with van der Waals surface area (Å²) in [6.07, 6.45) is 83.3. The first-order valence-electron chi connectivity index (χ1n) is 46.1. The van der Waals surface area contributed by atoms with Crippen molar-refractivity contribution in [2.45, 2.75) is 530 Å². The van der Waals surface area contributed by atoms with Gasteiger partial charge >= 0.3 is 0 Å². The fourth-order valence-electron chi connectivity index (χ4n) is 15.7. The minimum atomic E-state index is -1.79. The molecule has 0 aromatic rings. The van der Waals surface area contributed by atoms with Crippen molar-refractivity contribution in [3.63, 3.8) is 0 Å². The summed E-state index contributed by atoms with van der Waals surface area (Å²) < 4.78 is 23.0. The minimum Gasteiger partial charge on any atom is -0.394 e. The van der Waals surface area contributed by atoms with Gasteiger partial charge < -0.3 is 65.1 Å². The Morgan fingerprint density at radius 3 is 0.933 bits per heavy atom. The van der Waals surface area contributed by atoms with Crippen molar-refractivity contribution < 1.29 is 64.6 Å². The fraction of sp³-hybridized carbons (Fsp3) is 0.945. The zero-order chi connectivity index (χ0) is 75.8. The lowest BCUT2D eigenvalue weighted by atomic mass is 9.97. The molecule has 0 bridgehead atoms. The van der Waals surface area contributed by atoms with Gasteiger partial charge in [-0.2, -0.15) is 0 Å². The van der Waals surface area contributed by atoms with Gasteiger partial charge in [0.15, 0.2) is 12.6 Å². The molecule has 105 heavy (non-hydrogen) atoms. The maximum Gasteiger partial charge on any atom is 0.220 e. The predicted octanol–water partition coefficient (Wildman–Crippen LogP) is 22.5. The van der Waals surface area contributed by atoms with E-state index >= 15 is 0 Å². The van der Waals surface area contributed by atoms with Gasteiger partial charge in [-0.3, -0.25) is 4.79 Å². The summed E-state index contributed by atoms with van der Waals surface area (Å²) in [5, 5.41) is 87.8. The Morgan fingerprint density at radius 2 is 0.610 bits per heavy atom. The van der Waals surface area contributed by atoms with Crippen LogP contribution in [0.4, 0.5) is 0 Å². The molecule has 0 aromatic heterocycles. The molecule has 2 rings (SSSR count). The molecular weight excluding hydrogens is 1310 g/mol. The molecule has 622 valence electrons. The smallest absolute Gasteiger partial charge is 0.220 e. The third-order valence-electron chi connectivity index (χ3n) is 22.9. The molecule has 0 aliphatic carbocycles. The van der Waals surface area contributed by atoms with Crippen molar-refractivity contribution in [2.75, 3.05) is 19.8 Å². The molecule has 2 fully saturated rings. The number of carbonyl (C=O) groups excluding carboxylic acids is 1. The third kappa shape index (κ3) is 57.2. The molecule has 2 heterocycles. The van der Waals surface area contributed by atoms with E-state index in [2.05, 4.69) is 31.3 Å². The molecule has 2 saturated heterocycles. The van der Waals surface area contributed by atoms with Crippen LogP contribution in [-0.4, -0.2) is 140 Å². The monoisotopic (exact) mass is 1490 g/mol. The van der Waals surface area contributed by atoms with Crippen molar-refractivity contribution in [3.05, 3.63) is 24.3 Å². The van der Waals surface area contributed by atoms with Crippen LogP contribution in [0.2, 0.25) is 0 Å². The molecule has 0 saturated carbocycles. The van der Waals surface area contributed by atoms with E-state index < -0.39 is 86.8 Å². The van der Waals surface area contributed by atoms with Gasteiger partial charge in [-0.25, -0.2) is 0 Å². The second kappa shape index (κ2) is 75.2. The van der Waals surface area contributed by atoms with E-state index in [9.17, 15) is 45.6 Å². The highest BCUT2D eigenvalue weighted by atomic mass is 16.7. The molecular formula is C91H175NO13. The number of amides is 1. The first-order chi connectivity index (χ1) is 51.6. The van der Waals surface area contributed by atoms with E-state index in [-0.39, 0.29) is 18.9 Å². The summed E-state index contributed by atoms with van der Waals surface area (Å²) in [5.41, 5.74) is 0. The van der Waals surface area contributed by atoms with E-state index in [0.717, 1.165) is 32.1 Å². The molecule has 2 aliphatic rings. The van der Waals surface area contributed by atoms with Crippen LogP contribution in [0.25, 0.3) is 0 Å². The Labute approximate surface area is 647 Å². The number of aliphatic hydroxyl groups is 8. The van der Waals surface area contributed by atoms with Crippen LogP contribution in [0.1, 0.15) is 457 Å². The van der Waals surface area contributed by atoms with E-state index in [0.29, 0.717) is 12.8 Å². The summed E-state index contributed by atoms with van der Waals surface area (Å²) in [7, 11) is 0. The van der Waals surface area contributed by atoms with Crippen LogP contribution in [-0.2, 0) is 23.7 Å². The maximum atomic E-state index is 13.4. The average molecular weight is 1490 g/mol. The first-order valence-corrected chi connectivity index (χ1v) is 46.1. The average Bonchev–Trinajstić information content (AvgIpc) is 0.786. The summed E-state index contributed by atoms with van der Waals surface area (Å²) in [6, 6.07) is -0.931. The summed E-state index contributed by atoms with van der Waals surface area (Å²) >= 11 is 0. The predicted molar refractivity (Wildman–Crippen MR) is 438 cm³/mol. The largest absolute Gasteiger partial charge is 0.394 e. The van der Waals surface area contributed by atoms with Gasteiger partial charge in [0.05, 0.1) is 32.0 Å². The van der Waals surface area contributed by atoms with Crippen molar-refractivity contribution in [2.24, 2.45) is 0 Å². The molecule has 12 unspecified atom stereocenters. The zero-order valence-electron chi connectivity index (χ0n) is 68.8. The lowest BCUT2D eigenvalue weighted by Gasteiger charge is -2.46. The Balaban J connectivity index is 1.55. The highest BCUT2D eigenvalue weighted by Crippen LogP contribution is 2.31. The molecule has 9 N–H and O–H groups in total. The van der Waals surface area contributed by atoms with Crippen molar-refractivity contribution >= 4 is 5.91 Å². The molecule has 0 radical (unpaired) electrons. The fourth-order valence-corrected chi connectivity index (χ4v) is 15.7. The van der Waals surface area contributed by atoms with Crippen LogP contribution < -0.4 is 5.32 Å². The van der Waals surface area contributed by atoms with Gasteiger partial charge in [0, 0.05) is 6.42 Å². The lowest BCUT2D eigenvalue weighted by Crippen LogP contribution is -2.65. The Kier molecular flexibility index (Phi) is 71.3. The Hall–Kier alpha value is -1.53. The molecule has 14 nitrogen and oxygen atoms in total.